The van der Waals surface area contributed by atoms with E-state index in [1.807, 2.05) is 44.2 Å². The van der Waals surface area contributed by atoms with E-state index in [9.17, 15) is 14.9 Å². The highest BCUT2D eigenvalue weighted by molar-refractivity contribution is 5.94. The van der Waals surface area contributed by atoms with Gasteiger partial charge in [-0.2, -0.15) is 0 Å². The molecule has 24 heavy (non-hydrogen) atoms. The van der Waals surface area contributed by atoms with Gasteiger partial charge in [-0.05, 0) is 45.0 Å². The lowest BCUT2D eigenvalue weighted by molar-refractivity contribution is -0.385. The van der Waals surface area contributed by atoms with Gasteiger partial charge in [0.15, 0.2) is 6.61 Å². The summed E-state index contributed by atoms with van der Waals surface area (Å²) in [6.45, 7) is 5.36. The number of nitrogens with zero attached hydrogens (tertiary/aromatic N) is 2. The molecule has 0 N–H and O–H groups in total. The van der Waals surface area contributed by atoms with Crippen molar-refractivity contribution in [1.82, 2.24) is 0 Å². The quantitative estimate of drug-likeness (QED) is 0.598. The van der Waals surface area contributed by atoms with E-state index < -0.39 is 4.92 Å². The number of carbonyl (C=O) groups is 1. The number of ether oxygens (including phenoxy) is 1. The molecule has 1 amide bonds. The summed E-state index contributed by atoms with van der Waals surface area (Å²) < 4.78 is 5.52. The molecule has 0 bridgehead atoms. The van der Waals surface area contributed by atoms with E-state index in [0.717, 1.165) is 5.69 Å². The number of carbonyl (C=O) groups excluding carboxylic acids is 1. The Morgan fingerprint density at radius 1 is 1.21 bits per heavy atom. The number of hydrogen-bond donors (Lipinski definition) is 0. The van der Waals surface area contributed by atoms with Gasteiger partial charge in [0.2, 0.25) is 0 Å². The van der Waals surface area contributed by atoms with E-state index in [0.29, 0.717) is 11.3 Å². The van der Waals surface area contributed by atoms with Gasteiger partial charge < -0.3 is 9.64 Å². The Morgan fingerprint density at radius 2 is 1.88 bits per heavy atom. The van der Waals surface area contributed by atoms with Crippen LogP contribution in [0.3, 0.4) is 0 Å². The zero-order chi connectivity index (χ0) is 17.7. The van der Waals surface area contributed by atoms with Crippen molar-refractivity contribution in [2.24, 2.45) is 0 Å². The molecule has 0 atom stereocenters. The summed E-state index contributed by atoms with van der Waals surface area (Å²) in [6.07, 6.45) is 0. The fourth-order valence-corrected chi connectivity index (χ4v) is 2.46. The third-order valence-corrected chi connectivity index (χ3v) is 3.55. The van der Waals surface area contributed by atoms with Crippen molar-refractivity contribution in [2.45, 2.75) is 26.8 Å². The second kappa shape index (κ2) is 7.59. The second-order valence-electron chi connectivity index (χ2n) is 5.69. The Kier molecular flexibility index (Phi) is 5.52. The summed E-state index contributed by atoms with van der Waals surface area (Å²) in [5.74, 6) is 0.260. The molecule has 2 aromatic rings. The molecule has 6 nitrogen and oxygen atoms in total. The van der Waals surface area contributed by atoms with Crippen molar-refractivity contribution < 1.29 is 14.5 Å². The molecule has 0 heterocycles. The second-order valence-corrected chi connectivity index (χ2v) is 5.69. The molecular weight excluding hydrogens is 308 g/mol. The summed E-state index contributed by atoms with van der Waals surface area (Å²) >= 11 is 0. The standard InChI is InChI=1S/C18H20N2O4/c1-13(2)19(15-7-5-4-6-8-15)18(21)12-24-16-9-10-17(20(22)23)14(3)11-16/h4-11,13H,12H2,1-3H3. The minimum absolute atomic E-state index is 0.0119. The Hall–Kier alpha value is -2.89. The van der Waals surface area contributed by atoms with E-state index in [-0.39, 0.29) is 24.2 Å². The van der Waals surface area contributed by atoms with Crippen LogP contribution in [0.2, 0.25) is 0 Å². The minimum atomic E-state index is -0.444. The topological polar surface area (TPSA) is 72.7 Å². The van der Waals surface area contributed by atoms with Crippen LogP contribution in [0.15, 0.2) is 48.5 Å². The fraction of sp³-hybridized carbons (Fsp3) is 0.278. The van der Waals surface area contributed by atoms with Crippen LogP contribution in [0.25, 0.3) is 0 Å². The van der Waals surface area contributed by atoms with E-state index in [4.69, 9.17) is 4.74 Å². The highest BCUT2D eigenvalue weighted by Crippen LogP contribution is 2.23. The van der Waals surface area contributed by atoms with E-state index in [1.165, 1.54) is 12.1 Å². The number of benzene rings is 2. The van der Waals surface area contributed by atoms with E-state index >= 15 is 0 Å². The number of nitro groups is 1. The van der Waals surface area contributed by atoms with Crippen LogP contribution in [0.5, 0.6) is 5.75 Å². The molecule has 6 heteroatoms. The van der Waals surface area contributed by atoms with Crippen molar-refractivity contribution in [3.05, 3.63) is 64.2 Å². The maximum Gasteiger partial charge on any atom is 0.272 e. The van der Waals surface area contributed by atoms with Gasteiger partial charge in [-0.3, -0.25) is 14.9 Å². The molecule has 2 aromatic carbocycles. The molecule has 0 aromatic heterocycles. The maximum absolute atomic E-state index is 12.5. The van der Waals surface area contributed by atoms with Gasteiger partial charge in [-0.25, -0.2) is 0 Å². The van der Waals surface area contributed by atoms with Crippen LogP contribution in [0.4, 0.5) is 11.4 Å². The molecular formula is C18H20N2O4. The number of rotatable bonds is 6. The Bertz CT molecular complexity index is 729. The van der Waals surface area contributed by atoms with E-state index in [2.05, 4.69) is 0 Å². The van der Waals surface area contributed by atoms with Crippen molar-refractivity contribution in [2.75, 3.05) is 11.5 Å². The first-order valence-corrected chi connectivity index (χ1v) is 7.65. The van der Waals surface area contributed by atoms with Crippen LogP contribution in [0, 0.1) is 17.0 Å². The summed E-state index contributed by atoms with van der Waals surface area (Å²) in [5.41, 5.74) is 1.33. The van der Waals surface area contributed by atoms with Crippen LogP contribution in [-0.2, 0) is 4.79 Å². The molecule has 0 aliphatic carbocycles. The predicted octanol–water partition coefficient (Wildman–Crippen LogP) is 3.72. The van der Waals surface area contributed by atoms with Crippen molar-refractivity contribution in [1.29, 1.82) is 0 Å². The monoisotopic (exact) mass is 328 g/mol. The van der Waals surface area contributed by atoms with Crippen LogP contribution in [0.1, 0.15) is 19.4 Å². The minimum Gasteiger partial charge on any atom is -0.484 e. The van der Waals surface area contributed by atoms with Gasteiger partial charge in [0.05, 0.1) is 4.92 Å². The lowest BCUT2D eigenvalue weighted by Crippen LogP contribution is -2.40. The molecule has 0 aliphatic rings. The number of hydrogen-bond acceptors (Lipinski definition) is 4. The Morgan fingerprint density at radius 3 is 2.42 bits per heavy atom. The largest absolute Gasteiger partial charge is 0.484 e. The molecule has 0 unspecified atom stereocenters. The molecule has 0 spiro atoms. The zero-order valence-corrected chi connectivity index (χ0v) is 13.9. The van der Waals surface area contributed by atoms with Crippen LogP contribution in [-0.4, -0.2) is 23.5 Å². The van der Waals surface area contributed by atoms with Gasteiger partial charge in [0, 0.05) is 23.4 Å². The Balaban J connectivity index is 2.09. The Labute approximate surface area is 140 Å². The van der Waals surface area contributed by atoms with Crippen molar-refractivity contribution in [3.63, 3.8) is 0 Å². The number of aryl methyl sites for hydroxylation is 1. The van der Waals surface area contributed by atoms with Crippen LogP contribution >= 0.6 is 0 Å². The van der Waals surface area contributed by atoms with Gasteiger partial charge in [0.1, 0.15) is 5.75 Å². The average Bonchev–Trinajstić information content (AvgIpc) is 2.53. The smallest absolute Gasteiger partial charge is 0.272 e. The number of para-hydroxylation sites is 1. The summed E-state index contributed by atoms with van der Waals surface area (Å²) in [4.78, 5) is 24.6. The molecule has 2 rings (SSSR count). The molecule has 0 saturated carbocycles. The SMILES string of the molecule is Cc1cc(OCC(=O)N(c2ccccc2)C(C)C)ccc1[N+](=O)[O-]. The fourth-order valence-electron chi connectivity index (χ4n) is 2.46. The first-order chi connectivity index (χ1) is 11.4. The lowest BCUT2D eigenvalue weighted by Gasteiger charge is -2.26. The molecule has 0 saturated heterocycles. The van der Waals surface area contributed by atoms with Gasteiger partial charge in [-0.1, -0.05) is 18.2 Å². The van der Waals surface area contributed by atoms with Crippen molar-refractivity contribution in [3.8, 4) is 5.75 Å². The maximum atomic E-state index is 12.5. The third-order valence-electron chi connectivity index (χ3n) is 3.55. The number of amides is 1. The highest BCUT2D eigenvalue weighted by Gasteiger charge is 2.19. The number of anilines is 1. The zero-order valence-electron chi connectivity index (χ0n) is 13.9. The average molecular weight is 328 g/mol. The van der Waals surface area contributed by atoms with Gasteiger partial charge in [-0.15, -0.1) is 0 Å². The predicted molar refractivity (Wildman–Crippen MR) is 92.4 cm³/mol. The normalized spacial score (nSPS) is 10.5. The molecule has 0 fully saturated rings. The summed E-state index contributed by atoms with van der Waals surface area (Å²) in [6, 6.07) is 13.8. The van der Waals surface area contributed by atoms with E-state index in [1.54, 1.807) is 17.9 Å². The van der Waals surface area contributed by atoms with Crippen molar-refractivity contribution >= 4 is 17.3 Å². The van der Waals surface area contributed by atoms with Gasteiger partial charge in [0.25, 0.3) is 11.6 Å². The summed E-state index contributed by atoms with van der Waals surface area (Å²) in [7, 11) is 0. The molecule has 126 valence electrons. The third kappa shape index (κ3) is 4.10. The number of nitro benzene ring substituents is 1. The first kappa shape index (κ1) is 17.5. The molecule has 0 aliphatic heterocycles. The van der Waals surface area contributed by atoms with Crippen LogP contribution < -0.4 is 9.64 Å². The lowest BCUT2D eigenvalue weighted by atomic mass is 10.2. The molecule has 0 radical (unpaired) electrons. The first-order valence-electron chi connectivity index (χ1n) is 7.65. The highest BCUT2D eigenvalue weighted by atomic mass is 16.6. The van der Waals surface area contributed by atoms with Gasteiger partial charge >= 0.3 is 0 Å². The summed E-state index contributed by atoms with van der Waals surface area (Å²) in [5, 5.41) is 10.8.